The van der Waals surface area contributed by atoms with Crippen molar-refractivity contribution in [3.05, 3.63) is 107 Å². The van der Waals surface area contributed by atoms with Crippen molar-refractivity contribution < 1.29 is 9.59 Å². The zero-order valence-electron chi connectivity index (χ0n) is 16.8. The van der Waals surface area contributed by atoms with Gasteiger partial charge in [-0.15, -0.1) is 0 Å². The molecule has 0 saturated carbocycles. The number of H-pyrrole nitrogens is 1. The van der Waals surface area contributed by atoms with Gasteiger partial charge in [0.15, 0.2) is 5.78 Å². The smallest absolute Gasteiger partial charge is 0.256 e. The molecule has 0 atom stereocenters. The molecule has 0 aliphatic carbocycles. The molecule has 0 saturated heterocycles. The maximum absolute atomic E-state index is 13.2. The van der Waals surface area contributed by atoms with E-state index >= 15 is 0 Å². The molecule has 1 amide bonds. The van der Waals surface area contributed by atoms with Gasteiger partial charge in [0.05, 0.1) is 24.3 Å². The molecule has 1 N–H and O–H groups in total. The Hall–Kier alpha value is -4.06. The van der Waals surface area contributed by atoms with E-state index < -0.39 is 0 Å². The summed E-state index contributed by atoms with van der Waals surface area (Å²) in [6, 6.07) is 17.4. The van der Waals surface area contributed by atoms with Gasteiger partial charge < -0.3 is 9.88 Å². The van der Waals surface area contributed by atoms with E-state index in [4.69, 9.17) is 0 Å². The van der Waals surface area contributed by atoms with Crippen molar-refractivity contribution in [2.75, 3.05) is 6.54 Å². The van der Waals surface area contributed by atoms with E-state index in [0.717, 1.165) is 28.1 Å². The van der Waals surface area contributed by atoms with Gasteiger partial charge in [0.25, 0.3) is 5.91 Å². The summed E-state index contributed by atoms with van der Waals surface area (Å²) in [4.78, 5) is 39.3. The van der Waals surface area contributed by atoms with Gasteiger partial charge >= 0.3 is 0 Å². The molecule has 5 rings (SSSR count). The molecule has 4 heterocycles. The minimum absolute atomic E-state index is 0.0517. The lowest BCUT2D eigenvalue weighted by Gasteiger charge is -2.26. The number of fused-ring (bicyclic) bond motifs is 1. The molecule has 0 spiro atoms. The van der Waals surface area contributed by atoms with Gasteiger partial charge in [-0.2, -0.15) is 0 Å². The SMILES string of the molecule is O=C1CN(C(=O)c2cccnc2)Cc2[nH]c(-c3ccncc3)c(Cc3ccccc3)c21. The van der Waals surface area contributed by atoms with Crippen LogP contribution in [0.2, 0.25) is 0 Å². The molecule has 0 bridgehead atoms. The number of aromatic amines is 1. The summed E-state index contributed by atoms with van der Waals surface area (Å²) in [5.41, 5.74) is 5.90. The third-order valence-corrected chi connectivity index (χ3v) is 5.53. The summed E-state index contributed by atoms with van der Waals surface area (Å²) in [7, 11) is 0. The van der Waals surface area contributed by atoms with Gasteiger partial charge in [0.2, 0.25) is 0 Å². The van der Waals surface area contributed by atoms with Crippen LogP contribution in [0.5, 0.6) is 0 Å². The molecule has 3 aromatic heterocycles. The lowest BCUT2D eigenvalue weighted by molar-refractivity contribution is 0.0676. The van der Waals surface area contributed by atoms with Crippen LogP contribution in [-0.2, 0) is 13.0 Å². The van der Waals surface area contributed by atoms with E-state index in [1.807, 2.05) is 30.3 Å². The maximum atomic E-state index is 13.2. The second-order valence-electron chi connectivity index (χ2n) is 7.56. The molecule has 6 nitrogen and oxygen atoms in total. The van der Waals surface area contributed by atoms with Crippen molar-refractivity contribution >= 4 is 11.7 Å². The second kappa shape index (κ2) is 7.99. The third kappa shape index (κ3) is 3.64. The first-order chi connectivity index (χ1) is 15.2. The van der Waals surface area contributed by atoms with E-state index in [1.54, 1.807) is 35.6 Å². The Kier molecular flexibility index (Phi) is 4.88. The van der Waals surface area contributed by atoms with Gasteiger partial charge in [-0.25, -0.2) is 0 Å². The van der Waals surface area contributed by atoms with Gasteiger partial charge in [0, 0.05) is 48.0 Å². The Morgan fingerprint density at radius 1 is 0.935 bits per heavy atom. The van der Waals surface area contributed by atoms with Crippen LogP contribution in [0.15, 0.2) is 79.4 Å². The second-order valence-corrected chi connectivity index (χ2v) is 7.56. The number of carbonyl (C=O) groups is 2. The van der Waals surface area contributed by atoms with E-state index in [9.17, 15) is 9.59 Å². The van der Waals surface area contributed by atoms with E-state index in [2.05, 4.69) is 27.1 Å². The van der Waals surface area contributed by atoms with E-state index in [1.165, 1.54) is 6.20 Å². The number of carbonyl (C=O) groups excluding carboxylic acids is 2. The predicted octanol–water partition coefficient (Wildman–Crippen LogP) is 3.90. The first kappa shape index (κ1) is 18.9. The van der Waals surface area contributed by atoms with Crippen LogP contribution in [-0.4, -0.2) is 38.1 Å². The number of amides is 1. The largest absolute Gasteiger partial charge is 0.356 e. The van der Waals surface area contributed by atoms with Crippen LogP contribution in [0.3, 0.4) is 0 Å². The summed E-state index contributed by atoms with van der Waals surface area (Å²) in [6.45, 7) is 0.401. The highest BCUT2D eigenvalue weighted by atomic mass is 16.2. The molecule has 0 fully saturated rings. The number of aromatic nitrogens is 3. The first-order valence-electron chi connectivity index (χ1n) is 10.1. The number of nitrogens with zero attached hydrogens (tertiary/aromatic N) is 3. The summed E-state index contributed by atoms with van der Waals surface area (Å²) >= 11 is 0. The fourth-order valence-electron chi connectivity index (χ4n) is 4.11. The van der Waals surface area contributed by atoms with Crippen molar-refractivity contribution in [3.63, 3.8) is 0 Å². The number of pyridine rings is 2. The molecule has 152 valence electrons. The quantitative estimate of drug-likeness (QED) is 0.555. The molecule has 31 heavy (non-hydrogen) atoms. The topological polar surface area (TPSA) is 79.0 Å². The predicted molar refractivity (Wildman–Crippen MR) is 117 cm³/mol. The molecule has 1 aliphatic heterocycles. The van der Waals surface area contributed by atoms with Crippen molar-refractivity contribution in [3.8, 4) is 11.3 Å². The highest BCUT2D eigenvalue weighted by Gasteiger charge is 2.32. The standard InChI is InChI=1S/C25H20N4O2/c30-22-16-29(25(31)19-7-4-10-27-14-19)15-21-23(22)20(13-17-5-2-1-3-6-17)24(28-21)18-8-11-26-12-9-18/h1-12,14,28H,13,15-16H2. The number of hydrogen-bond acceptors (Lipinski definition) is 4. The van der Waals surface area contributed by atoms with Crippen LogP contribution in [0.4, 0.5) is 0 Å². The fraction of sp³-hybridized carbons (Fsp3) is 0.120. The Labute approximate surface area is 179 Å². The fourth-order valence-corrected chi connectivity index (χ4v) is 4.11. The summed E-state index contributed by atoms with van der Waals surface area (Å²) in [5.74, 6) is -0.252. The molecule has 0 unspecified atom stereocenters. The van der Waals surface area contributed by atoms with Gasteiger partial charge in [0.1, 0.15) is 0 Å². The Morgan fingerprint density at radius 2 is 1.74 bits per heavy atom. The van der Waals surface area contributed by atoms with Crippen LogP contribution in [0.1, 0.15) is 37.5 Å². The number of nitrogens with one attached hydrogen (secondary N) is 1. The van der Waals surface area contributed by atoms with Crippen molar-refractivity contribution in [2.45, 2.75) is 13.0 Å². The van der Waals surface area contributed by atoms with Crippen molar-refractivity contribution in [1.82, 2.24) is 19.9 Å². The zero-order valence-corrected chi connectivity index (χ0v) is 16.8. The molecular weight excluding hydrogens is 388 g/mol. The average Bonchev–Trinajstić information content (AvgIpc) is 3.19. The minimum atomic E-state index is -0.197. The molecular formula is C25H20N4O2. The number of hydrogen-bond donors (Lipinski definition) is 1. The highest BCUT2D eigenvalue weighted by Crippen LogP contribution is 2.33. The van der Waals surface area contributed by atoms with Crippen LogP contribution < -0.4 is 0 Å². The number of Topliss-reactive ketones (excluding diaryl/α,β-unsaturated/α-hetero) is 1. The van der Waals surface area contributed by atoms with Gasteiger partial charge in [-0.05, 0) is 35.4 Å². The van der Waals surface area contributed by atoms with Crippen LogP contribution in [0.25, 0.3) is 11.3 Å². The number of ketones is 1. The van der Waals surface area contributed by atoms with Gasteiger partial charge in [-0.3, -0.25) is 19.6 Å². The Morgan fingerprint density at radius 3 is 2.48 bits per heavy atom. The lowest BCUT2D eigenvalue weighted by Crippen LogP contribution is -2.39. The molecule has 1 aliphatic rings. The Balaban J connectivity index is 1.56. The normalized spacial score (nSPS) is 13.2. The first-order valence-corrected chi connectivity index (χ1v) is 10.1. The minimum Gasteiger partial charge on any atom is -0.356 e. The summed E-state index contributed by atoms with van der Waals surface area (Å²) in [5, 5.41) is 0. The Bertz CT molecular complexity index is 1230. The zero-order chi connectivity index (χ0) is 21.2. The van der Waals surface area contributed by atoms with Crippen molar-refractivity contribution in [1.29, 1.82) is 0 Å². The monoisotopic (exact) mass is 408 g/mol. The number of benzene rings is 1. The average molecular weight is 408 g/mol. The number of rotatable bonds is 4. The summed E-state index contributed by atoms with van der Waals surface area (Å²) < 4.78 is 0. The van der Waals surface area contributed by atoms with Crippen LogP contribution in [0, 0.1) is 0 Å². The lowest BCUT2D eigenvalue weighted by atomic mass is 9.93. The van der Waals surface area contributed by atoms with E-state index in [-0.39, 0.29) is 18.2 Å². The van der Waals surface area contributed by atoms with Crippen molar-refractivity contribution in [2.24, 2.45) is 0 Å². The third-order valence-electron chi connectivity index (χ3n) is 5.53. The van der Waals surface area contributed by atoms with Gasteiger partial charge in [-0.1, -0.05) is 30.3 Å². The summed E-state index contributed by atoms with van der Waals surface area (Å²) in [6.07, 6.45) is 7.26. The van der Waals surface area contributed by atoms with Crippen LogP contribution >= 0.6 is 0 Å². The maximum Gasteiger partial charge on any atom is 0.256 e. The molecule has 1 aromatic carbocycles. The highest BCUT2D eigenvalue weighted by molar-refractivity contribution is 6.06. The molecule has 0 radical (unpaired) electrons. The molecule has 6 heteroatoms. The van der Waals surface area contributed by atoms with E-state index in [0.29, 0.717) is 24.1 Å². The molecule has 4 aromatic rings.